The Morgan fingerprint density at radius 1 is 0.515 bits per heavy atom. The smallest absolute Gasteiger partial charge is 0.399 e. The van der Waals surface area contributed by atoms with Crippen LogP contribution in [0.3, 0.4) is 0 Å². The second-order valence-corrected chi connectivity index (χ2v) is 35.6. The Hall–Kier alpha value is -14.8. The number of rotatable bonds is 33. The number of fused-ring (bicyclic) bond motifs is 7. The van der Waals surface area contributed by atoms with Crippen LogP contribution in [-0.4, -0.2) is 165 Å². The average Bonchev–Trinajstić information content (AvgIpc) is 1.55. The number of para-hydroxylation sites is 1. The summed E-state index contributed by atoms with van der Waals surface area (Å²) >= 11 is 5.87. The van der Waals surface area contributed by atoms with Crippen LogP contribution >= 0.6 is 58.2 Å². The van der Waals surface area contributed by atoms with Crippen molar-refractivity contribution >= 4 is 177 Å². The summed E-state index contributed by atoms with van der Waals surface area (Å²) in [5.74, 6) is -3.62. The normalized spacial score (nSPS) is 13.7. The molecule has 7 aromatic heterocycles. The maximum atomic E-state index is 14.0. The highest BCUT2D eigenvalue weighted by atomic mass is 32.1. The fourth-order valence-electron chi connectivity index (χ4n) is 17.3. The van der Waals surface area contributed by atoms with Gasteiger partial charge in [0.05, 0.1) is 129 Å². The van der Waals surface area contributed by atoms with E-state index < -0.39 is 41.5 Å². The van der Waals surface area contributed by atoms with Gasteiger partial charge in [0.2, 0.25) is 5.75 Å². The highest BCUT2D eigenvalue weighted by molar-refractivity contribution is 7.13. The van der Waals surface area contributed by atoms with Crippen LogP contribution < -0.4 is 33.2 Å². The quantitative estimate of drug-likeness (QED) is 0.0169. The van der Waals surface area contributed by atoms with Crippen molar-refractivity contribution in [1.82, 2.24) is 44.1 Å². The van der Waals surface area contributed by atoms with Gasteiger partial charge in [0.15, 0.2) is 34.7 Å². The van der Waals surface area contributed by atoms with Crippen LogP contribution in [0.1, 0.15) is 127 Å². The molecule has 0 saturated heterocycles. The number of allylic oxidation sites excluding steroid dienone is 1. The van der Waals surface area contributed by atoms with Crippen molar-refractivity contribution in [2.75, 3.05) is 42.7 Å². The zero-order valence-electron chi connectivity index (χ0n) is 75.2. The number of aromatic nitrogens is 10. The largest absolute Gasteiger partial charge is 0.497 e. The predicted octanol–water partition coefficient (Wildman–Crippen LogP) is 20.4. The Morgan fingerprint density at radius 3 is 1.62 bits per heavy atom. The molecule has 0 amide bonds. The van der Waals surface area contributed by atoms with E-state index in [0.717, 1.165) is 151 Å². The van der Waals surface area contributed by atoms with E-state index in [1.807, 2.05) is 133 Å². The van der Waals surface area contributed by atoms with E-state index >= 15 is 0 Å². The summed E-state index contributed by atoms with van der Waals surface area (Å²) in [6, 6.07) is 68.0. The Labute approximate surface area is 801 Å². The number of benzene rings is 10. The number of carboxylic acid groups (broad SMARTS) is 4. The molecule has 8 heterocycles. The van der Waals surface area contributed by atoms with Gasteiger partial charge in [-0.1, -0.05) is 103 Å². The topological polar surface area (TPSA) is 376 Å². The lowest BCUT2D eigenvalue weighted by Gasteiger charge is -2.23. The minimum absolute atomic E-state index is 0.00369. The lowest BCUT2D eigenvalue weighted by molar-refractivity contribution is -0.546. The molecular weight excluding hydrogens is 1830 g/mol. The van der Waals surface area contributed by atoms with Crippen LogP contribution in [0, 0.1) is 11.8 Å². The first-order chi connectivity index (χ1) is 66.1. The van der Waals surface area contributed by atoms with Gasteiger partial charge in [0.25, 0.3) is 0 Å². The first-order valence-corrected chi connectivity index (χ1v) is 47.3. The van der Waals surface area contributed by atoms with Crippen LogP contribution in [0.4, 0.5) is 0 Å². The molecule has 4 N–H and O–H groups in total. The van der Waals surface area contributed by atoms with E-state index in [1.165, 1.54) is 41.9 Å². The summed E-state index contributed by atoms with van der Waals surface area (Å²) in [5, 5.41) is 47.6. The van der Waals surface area contributed by atoms with Crippen LogP contribution in [0.2, 0.25) is 0 Å². The van der Waals surface area contributed by atoms with E-state index in [-0.39, 0.29) is 47.5 Å². The highest BCUT2D eigenvalue weighted by Crippen LogP contribution is 2.45. The first-order valence-electron chi connectivity index (χ1n) is 43.6. The number of aliphatic carboxylic acids is 3. The van der Waals surface area contributed by atoms with Gasteiger partial charge >= 0.3 is 29.6 Å². The average molecular weight is 1920 g/mol. The minimum atomic E-state index is -1.23. The number of hydrogen-bond donors (Lipinski definition) is 4. The van der Waals surface area contributed by atoms with Gasteiger partial charge in [0.1, 0.15) is 73.0 Å². The van der Waals surface area contributed by atoms with Gasteiger partial charge in [0, 0.05) is 64.0 Å². The highest BCUT2D eigenvalue weighted by Gasteiger charge is 2.43. The Kier molecular flexibility index (Phi) is 29.8. The number of ketones is 2. The molecule has 10 aromatic carbocycles. The van der Waals surface area contributed by atoms with E-state index in [9.17, 15) is 49.2 Å². The molecular formula is C102H93N12O17S5+. The second kappa shape index (κ2) is 43.0. The summed E-state index contributed by atoms with van der Waals surface area (Å²) in [4.78, 5) is 78.7. The molecule has 1 aliphatic carbocycles. The van der Waals surface area contributed by atoms with Crippen molar-refractivity contribution in [2.24, 2.45) is 24.0 Å². The number of aryl methyl sites for hydroxylation is 1. The molecule has 136 heavy (non-hydrogen) atoms. The monoisotopic (exact) mass is 1920 g/mol. The second-order valence-electron chi connectivity index (χ2n) is 32.3. The van der Waals surface area contributed by atoms with Gasteiger partial charge in [-0.25, -0.2) is 14.4 Å². The van der Waals surface area contributed by atoms with Gasteiger partial charge < -0.3 is 62.7 Å². The maximum Gasteiger partial charge on any atom is 0.399 e. The van der Waals surface area contributed by atoms with Crippen LogP contribution in [0.15, 0.2) is 235 Å². The zero-order valence-corrected chi connectivity index (χ0v) is 79.2. The number of thiophene rings is 1. The Balaban J connectivity index is 0.000000132. The molecule has 1 aliphatic heterocycles. The number of hydrazone groups is 1. The van der Waals surface area contributed by atoms with Gasteiger partial charge in [-0.3, -0.25) is 14.4 Å². The first kappa shape index (κ1) is 94.4. The van der Waals surface area contributed by atoms with E-state index in [4.69, 9.17) is 38.3 Å². The summed E-state index contributed by atoms with van der Waals surface area (Å²) in [6.45, 7) is 3.00. The minimum Gasteiger partial charge on any atom is -0.497 e. The van der Waals surface area contributed by atoms with Gasteiger partial charge in [-0.05, 0) is 229 Å². The van der Waals surface area contributed by atoms with Gasteiger partial charge in [-0.2, -0.15) is 35.0 Å². The number of carbonyl (C=O) groups excluding carboxylic acids is 2. The number of unbranched alkanes of at least 4 members (excludes halogenated alkanes) is 1. The summed E-state index contributed by atoms with van der Waals surface area (Å²) in [5.41, 5.74) is 17.1. The van der Waals surface area contributed by atoms with Crippen molar-refractivity contribution in [2.45, 2.75) is 96.2 Å². The molecule has 34 heteroatoms. The maximum absolute atomic E-state index is 14.0. The van der Waals surface area contributed by atoms with Crippen molar-refractivity contribution < 1.29 is 87.0 Å². The molecule has 0 spiro atoms. The number of hydrogen-bond acceptors (Lipinski definition) is 27. The molecule has 3 unspecified atom stereocenters. The number of aromatic carboxylic acids is 1. The fraction of sp³-hybridized carbons (Fsp3) is 0.235. The molecule has 2 aliphatic rings. The third-order valence-corrected chi connectivity index (χ3v) is 27.3. The fourth-order valence-corrected chi connectivity index (χ4v) is 20.3. The van der Waals surface area contributed by atoms with Crippen molar-refractivity contribution in [3.63, 3.8) is 0 Å². The molecule has 0 radical (unpaired) electrons. The lowest BCUT2D eigenvalue weighted by atomic mass is 9.79. The molecule has 1 fully saturated rings. The van der Waals surface area contributed by atoms with Gasteiger partial charge in [-0.15, -0.1) is 11.3 Å². The number of methoxy groups -OCH3 is 6. The summed E-state index contributed by atoms with van der Waals surface area (Å²) in [6.07, 6.45) is 7.91. The van der Waals surface area contributed by atoms with E-state index in [0.29, 0.717) is 114 Å². The Bertz CT molecular complexity index is 7350. The molecule has 0 bridgehead atoms. The number of ether oxygens (including phenoxy) is 7. The summed E-state index contributed by atoms with van der Waals surface area (Å²) in [7, 11) is 11.3. The predicted molar refractivity (Wildman–Crippen MR) is 527 cm³/mol. The third kappa shape index (κ3) is 20.9. The molecule has 19 rings (SSSR count). The number of carboxylic acids is 4. The third-order valence-electron chi connectivity index (χ3n) is 24.0. The number of nitrogens with zero attached hydrogens (tertiary/aromatic N) is 12. The molecule has 1 saturated carbocycles. The van der Waals surface area contributed by atoms with Crippen LogP contribution in [0.5, 0.6) is 39.6 Å². The SMILES string of the molecule is CCCCC1=N[N+](Cc2ccccc2)=C(C(=O)O)C1Cc1ccc2nsnc2c1.COc1ccc(-c2c(C(=O)O)n(Cc3ccc4nsnc4c3)c3c4ccccc4n(C)c23)cc1.COc1ccc(C(=O)/C(Cc2cc(OC)c(OC3CCCC3)c(OC)c2)=C(\C(=O)O)c2ccc3nsnc3c2)cc1.COc1ccc(C(=O)C(Cc2ccc(OC)s2)C(C(=O)O)c2ccc3nsnc3c2)cc1. The van der Waals surface area contributed by atoms with Crippen LogP contribution in [0.25, 0.3) is 82.8 Å². The van der Waals surface area contributed by atoms with Crippen molar-refractivity contribution in [3.05, 3.63) is 285 Å². The molecule has 17 aromatic rings. The zero-order chi connectivity index (χ0) is 95.2. The van der Waals surface area contributed by atoms with E-state index in [1.54, 1.807) is 137 Å². The summed E-state index contributed by atoms with van der Waals surface area (Å²) < 4.78 is 78.3. The molecule has 3 atom stereocenters. The number of Topliss-reactive ketones (excluding diaryl/α,β-unsaturated/α-hetero) is 2. The van der Waals surface area contributed by atoms with E-state index in [2.05, 4.69) is 52.5 Å². The standard InChI is InChI=1S/C31H30N2O7S.C26H20N4O3S.C23H20N2O5S2.C22H22N4O2S/c1-37-21-11-8-19(9-12-21)29(34)23(28(31(35)36)20-10-13-24-25(17-20)33-41-32-24)14-18-15-26(38-2)30(27(16-18)39-3)40-22-6-4-5-7-22;1-29-21-6-4-3-5-18(21)23-24(29)22(16-8-10-17(33-2)11-9-16)25(26(31)32)30(23)14-15-7-12-19-20(13-15)28-34-27-19;1-29-15-6-3-13(4-7-15)22(26)17(12-16-8-10-20(30-2)31-16)21(23(27)28)14-5-9-18-19(11-14)25-32-24-18;1-2-3-9-18-17(12-16-10-11-19-20(13-16)25-29-24-19)21(22(27)28)26(23-18)14-15-7-5-4-6-8-15/h8-13,15-17,22H,4-7,14H2,1-3H3,(H,35,36);3-13H,14H2,1-2H3,(H,31,32);3-11,17,21H,12H2,1-2H3,(H,27,28);4-8,10-11,13,17H,2-3,9,12,14H2,1H3/p+1/b28-23-;;;. The van der Waals surface area contributed by atoms with Crippen molar-refractivity contribution in [1.29, 1.82) is 0 Å². The lowest BCUT2D eigenvalue weighted by Crippen LogP contribution is -2.32. The molecule has 692 valence electrons. The van der Waals surface area contributed by atoms with Crippen LogP contribution in [-0.2, 0) is 53.8 Å². The molecule has 29 nitrogen and oxygen atoms in total. The van der Waals surface area contributed by atoms with Crippen molar-refractivity contribution in [3.8, 4) is 50.7 Å². The Morgan fingerprint density at radius 2 is 1.06 bits per heavy atom. The number of carbonyl (C=O) groups is 6.